The summed E-state index contributed by atoms with van der Waals surface area (Å²) >= 11 is 0. The Morgan fingerprint density at radius 1 is 1.37 bits per heavy atom. The van der Waals surface area contributed by atoms with Crippen LogP contribution in [0.4, 0.5) is 5.69 Å². The third-order valence-electron chi connectivity index (χ3n) is 3.17. The third kappa shape index (κ3) is 3.45. The Morgan fingerprint density at radius 3 is 2.74 bits per heavy atom. The van der Waals surface area contributed by atoms with Gasteiger partial charge in [-0.2, -0.15) is 0 Å². The molecule has 0 aliphatic carbocycles. The van der Waals surface area contributed by atoms with Crippen molar-refractivity contribution in [1.82, 2.24) is 0 Å². The molecular weight excluding hydrogens is 268 g/mol. The van der Waals surface area contributed by atoms with Crippen molar-refractivity contribution in [2.45, 2.75) is 25.3 Å². The number of nitrogens with two attached hydrogens (primary N) is 1. The molecule has 19 heavy (non-hydrogen) atoms. The first kappa shape index (κ1) is 15.5. The average Bonchev–Trinajstić information content (AvgIpc) is 2.79. The van der Waals surface area contributed by atoms with Gasteiger partial charge in [0.15, 0.2) is 0 Å². The van der Waals surface area contributed by atoms with Gasteiger partial charge >= 0.3 is 5.97 Å². The van der Waals surface area contributed by atoms with E-state index in [9.17, 15) is 9.59 Å². The smallest absolute Gasteiger partial charge is 0.320 e. The van der Waals surface area contributed by atoms with Gasteiger partial charge in [0.25, 0.3) is 0 Å². The van der Waals surface area contributed by atoms with E-state index in [0.717, 1.165) is 17.7 Å². The summed E-state index contributed by atoms with van der Waals surface area (Å²) in [7, 11) is 0. The molecule has 1 aliphatic rings. The molecule has 5 nitrogen and oxygen atoms in total. The molecule has 1 heterocycles. The molecule has 1 aliphatic heterocycles. The summed E-state index contributed by atoms with van der Waals surface area (Å²) < 4.78 is 0. The molecule has 1 unspecified atom stereocenters. The summed E-state index contributed by atoms with van der Waals surface area (Å²) in [5.74, 6) is -1.12. The van der Waals surface area contributed by atoms with Crippen molar-refractivity contribution >= 4 is 30.0 Å². The lowest BCUT2D eigenvalue weighted by atomic mass is 10.1. The molecule has 6 heteroatoms. The highest BCUT2D eigenvalue weighted by Crippen LogP contribution is 2.28. The second kappa shape index (κ2) is 6.54. The number of carbonyl (C=O) groups excluding carboxylic acids is 1. The number of anilines is 1. The summed E-state index contributed by atoms with van der Waals surface area (Å²) in [4.78, 5) is 24.3. The van der Waals surface area contributed by atoms with Crippen LogP contribution in [0.25, 0.3) is 0 Å². The molecule has 0 spiro atoms. The van der Waals surface area contributed by atoms with E-state index in [2.05, 4.69) is 0 Å². The van der Waals surface area contributed by atoms with Crippen molar-refractivity contribution in [1.29, 1.82) is 0 Å². The molecule has 0 fully saturated rings. The van der Waals surface area contributed by atoms with Gasteiger partial charge in [-0.05, 0) is 24.5 Å². The number of carboxylic acids is 1. The topological polar surface area (TPSA) is 83.6 Å². The lowest BCUT2D eigenvalue weighted by Gasteiger charge is -2.17. The van der Waals surface area contributed by atoms with Gasteiger partial charge in [-0.3, -0.25) is 9.59 Å². The minimum Gasteiger partial charge on any atom is -0.480 e. The Labute approximate surface area is 117 Å². The van der Waals surface area contributed by atoms with Crippen LogP contribution in [0.5, 0.6) is 0 Å². The molecular formula is C13H17ClN2O3. The molecule has 0 bridgehead atoms. The number of carbonyl (C=O) groups is 2. The molecule has 0 saturated heterocycles. The van der Waals surface area contributed by atoms with Gasteiger partial charge < -0.3 is 15.7 Å². The Kier molecular flexibility index (Phi) is 5.32. The number of halogens is 1. The Hall–Kier alpha value is -1.59. The molecule has 3 N–H and O–H groups in total. The van der Waals surface area contributed by atoms with E-state index in [1.807, 2.05) is 24.3 Å². The number of para-hydroxylation sites is 1. The number of rotatable bonds is 4. The lowest BCUT2D eigenvalue weighted by Crippen LogP contribution is -2.34. The van der Waals surface area contributed by atoms with Gasteiger partial charge in [0.1, 0.15) is 6.04 Å². The molecule has 1 amide bonds. The first-order chi connectivity index (χ1) is 8.59. The quantitative estimate of drug-likeness (QED) is 0.870. The predicted molar refractivity (Wildman–Crippen MR) is 74.6 cm³/mol. The average molecular weight is 285 g/mol. The van der Waals surface area contributed by atoms with Crippen LogP contribution < -0.4 is 10.6 Å². The van der Waals surface area contributed by atoms with Gasteiger partial charge in [0.05, 0.1) is 0 Å². The second-order valence-electron chi connectivity index (χ2n) is 4.41. The molecule has 1 aromatic rings. The molecule has 1 atom stereocenters. The summed E-state index contributed by atoms with van der Waals surface area (Å²) in [5.41, 5.74) is 7.48. The first-order valence-corrected chi connectivity index (χ1v) is 5.96. The number of hydrogen-bond acceptors (Lipinski definition) is 3. The molecule has 0 radical (unpaired) electrons. The first-order valence-electron chi connectivity index (χ1n) is 5.96. The van der Waals surface area contributed by atoms with Gasteiger partial charge in [-0.1, -0.05) is 18.2 Å². The molecule has 1 aromatic carbocycles. The minimum atomic E-state index is -1.07. The SMILES string of the molecule is Cl.NC(CCC(=O)N1CCc2ccccc21)C(=O)O. The van der Waals surface area contributed by atoms with Crippen molar-refractivity contribution in [2.75, 3.05) is 11.4 Å². The Morgan fingerprint density at radius 2 is 2.05 bits per heavy atom. The summed E-state index contributed by atoms with van der Waals surface area (Å²) in [5, 5.41) is 8.67. The summed E-state index contributed by atoms with van der Waals surface area (Å²) in [6, 6.07) is 6.80. The highest BCUT2D eigenvalue weighted by molar-refractivity contribution is 5.95. The van der Waals surface area contributed by atoms with E-state index in [-0.39, 0.29) is 31.2 Å². The largest absolute Gasteiger partial charge is 0.480 e. The monoisotopic (exact) mass is 284 g/mol. The zero-order chi connectivity index (χ0) is 13.1. The molecule has 104 valence electrons. The maximum Gasteiger partial charge on any atom is 0.320 e. The summed E-state index contributed by atoms with van der Waals surface area (Å²) in [6.07, 6.45) is 1.20. The Bertz CT molecular complexity index is 479. The number of amides is 1. The number of benzene rings is 1. The number of nitrogens with zero attached hydrogens (tertiary/aromatic N) is 1. The second-order valence-corrected chi connectivity index (χ2v) is 4.41. The van der Waals surface area contributed by atoms with Gasteiger partial charge in [-0.15, -0.1) is 12.4 Å². The van der Waals surface area contributed by atoms with E-state index in [1.54, 1.807) is 4.90 Å². The van der Waals surface area contributed by atoms with Gasteiger partial charge in [0, 0.05) is 18.7 Å². The molecule has 0 aromatic heterocycles. The number of fused-ring (bicyclic) bond motifs is 1. The maximum absolute atomic E-state index is 12.0. The van der Waals surface area contributed by atoms with Gasteiger partial charge in [0.2, 0.25) is 5.91 Å². The van der Waals surface area contributed by atoms with E-state index in [0.29, 0.717) is 6.54 Å². The van der Waals surface area contributed by atoms with Crippen LogP contribution >= 0.6 is 12.4 Å². The van der Waals surface area contributed by atoms with Crippen molar-refractivity contribution in [2.24, 2.45) is 5.73 Å². The van der Waals surface area contributed by atoms with E-state index >= 15 is 0 Å². The van der Waals surface area contributed by atoms with Crippen LogP contribution in [0, 0.1) is 0 Å². The van der Waals surface area contributed by atoms with Crippen LogP contribution in [0.2, 0.25) is 0 Å². The van der Waals surface area contributed by atoms with Crippen molar-refractivity contribution < 1.29 is 14.7 Å². The lowest BCUT2D eigenvalue weighted by molar-refractivity contribution is -0.138. The normalized spacial score (nSPS) is 14.5. The fourth-order valence-corrected chi connectivity index (χ4v) is 2.13. The zero-order valence-electron chi connectivity index (χ0n) is 10.4. The number of aliphatic carboxylic acids is 1. The standard InChI is InChI=1S/C13H16N2O3.ClH/c14-10(13(17)18)5-6-12(16)15-8-7-9-3-1-2-4-11(9)15;/h1-4,10H,5-8,14H2,(H,17,18);1H. The fraction of sp³-hybridized carbons (Fsp3) is 0.385. The van der Waals surface area contributed by atoms with Crippen LogP contribution in [-0.4, -0.2) is 29.6 Å². The fourth-order valence-electron chi connectivity index (χ4n) is 2.13. The number of hydrogen-bond donors (Lipinski definition) is 2. The third-order valence-corrected chi connectivity index (χ3v) is 3.17. The number of carboxylic acid groups (broad SMARTS) is 1. The van der Waals surface area contributed by atoms with E-state index < -0.39 is 12.0 Å². The van der Waals surface area contributed by atoms with Crippen molar-refractivity contribution in [3.05, 3.63) is 29.8 Å². The van der Waals surface area contributed by atoms with Crippen molar-refractivity contribution in [3.63, 3.8) is 0 Å². The van der Waals surface area contributed by atoms with Crippen LogP contribution in [-0.2, 0) is 16.0 Å². The Balaban J connectivity index is 0.00000180. The molecule has 2 rings (SSSR count). The van der Waals surface area contributed by atoms with Gasteiger partial charge in [-0.25, -0.2) is 0 Å². The van der Waals surface area contributed by atoms with Crippen LogP contribution in [0.3, 0.4) is 0 Å². The molecule has 0 saturated carbocycles. The minimum absolute atomic E-state index is 0. The van der Waals surface area contributed by atoms with Crippen LogP contribution in [0.15, 0.2) is 24.3 Å². The van der Waals surface area contributed by atoms with Crippen molar-refractivity contribution in [3.8, 4) is 0 Å². The maximum atomic E-state index is 12.0. The summed E-state index contributed by atoms with van der Waals surface area (Å²) in [6.45, 7) is 0.667. The van der Waals surface area contributed by atoms with E-state index in [4.69, 9.17) is 10.8 Å². The highest BCUT2D eigenvalue weighted by Gasteiger charge is 2.24. The van der Waals surface area contributed by atoms with E-state index in [1.165, 1.54) is 0 Å². The predicted octanol–water partition coefficient (Wildman–Crippen LogP) is 1.19. The zero-order valence-corrected chi connectivity index (χ0v) is 11.2. The van der Waals surface area contributed by atoms with Crippen LogP contribution in [0.1, 0.15) is 18.4 Å². The highest BCUT2D eigenvalue weighted by atomic mass is 35.5.